The van der Waals surface area contributed by atoms with Crippen LogP contribution in [0.2, 0.25) is 0 Å². The van der Waals surface area contributed by atoms with Gasteiger partial charge < -0.3 is 5.32 Å². The minimum atomic E-state index is 0.0122. The van der Waals surface area contributed by atoms with E-state index in [1.165, 1.54) is 19.3 Å². The molecule has 0 bridgehead atoms. The molecule has 1 aromatic heterocycles. The summed E-state index contributed by atoms with van der Waals surface area (Å²) in [5, 5.41) is 6.06. The van der Waals surface area contributed by atoms with Crippen molar-refractivity contribution >= 4 is 28.8 Å². The molecule has 1 amide bonds. The standard InChI is InChI=1S/C23H38N4O2S/c1-23(2,3)10-7-19(28)15-27-13-8-18(9-14-27)22(29)25-20-17-30-21(24-20)16-26-11-5-4-6-12-26/h17-18H,4-16H2,1-3H3,(H,25,29). The molecule has 3 heterocycles. The fraction of sp³-hybridized carbons (Fsp3) is 0.783. The normalized spacial score (nSPS) is 19.7. The molecule has 7 heteroatoms. The van der Waals surface area contributed by atoms with Gasteiger partial charge in [0.25, 0.3) is 0 Å². The number of hydrogen-bond donors (Lipinski definition) is 1. The van der Waals surface area contributed by atoms with Crippen molar-refractivity contribution in [1.82, 2.24) is 14.8 Å². The molecule has 6 nitrogen and oxygen atoms in total. The van der Waals surface area contributed by atoms with Gasteiger partial charge in [-0.1, -0.05) is 27.2 Å². The van der Waals surface area contributed by atoms with Gasteiger partial charge in [-0.2, -0.15) is 0 Å². The third kappa shape index (κ3) is 7.75. The zero-order valence-electron chi connectivity index (χ0n) is 18.9. The molecule has 2 saturated heterocycles. The third-order valence-corrected chi connectivity index (χ3v) is 6.96. The summed E-state index contributed by atoms with van der Waals surface area (Å²) in [5.41, 5.74) is 0.198. The van der Waals surface area contributed by atoms with E-state index >= 15 is 0 Å². The van der Waals surface area contributed by atoms with Crippen LogP contribution in [0.5, 0.6) is 0 Å². The van der Waals surface area contributed by atoms with Gasteiger partial charge in [0.2, 0.25) is 5.91 Å². The molecule has 0 aromatic carbocycles. The quantitative estimate of drug-likeness (QED) is 0.665. The van der Waals surface area contributed by atoms with Gasteiger partial charge in [0, 0.05) is 17.7 Å². The highest BCUT2D eigenvalue weighted by molar-refractivity contribution is 7.10. The van der Waals surface area contributed by atoms with E-state index < -0.39 is 0 Å². The number of amides is 1. The molecular weight excluding hydrogens is 396 g/mol. The van der Waals surface area contributed by atoms with E-state index in [1.807, 2.05) is 5.38 Å². The van der Waals surface area contributed by atoms with E-state index in [0.29, 0.717) is 24.6 Å². The fourth-order valence-electron chi connectivity index (χ4n) is 4.17. The van der Waals surface area contributed by atoms with E-state index in [1.54, 1.807) is 11.3 Å². The largest absolute Gasteiger partial charge is 0.310 e. The van der Waals surface area contributed by atoms with Crippen LogP contribution in [0.4, 0.5) is 5.82 Å². The number of anilines is 1. The molecule has 0 atom stereocenters. The van der Waals surface area contributed by atoms with Crippen molar-refractivity contribution in [2.75, 3.05) is 38.0 Å². The number of hydrogen-bond acceptors (Lipinski definition) is 6. The number of aromatic nitrogens is 1. The minimum absolute atomic E-state index is 0.0122. The van der Waals surface area contributed by atoms with Crippen LogP contribution in [-0.2, 0) is 16.1 Å². The smallest absolute Gasteiger partial charge is 0.228 e. The van der Waals surface area contributed by atoms with Crippen molar-refractivity contribution < 1.29 is 9.59 Å². The van der Waals surface area contributed by atoms with Crippen LogP contribution >= 0.6 is 11.3 Å². The average Bonchev–Trinajstić information content (AvgIpc) is 3.14. The van der Waals surface area contributed by atoms with Gasteiger partial charge in [-0.05, 0) is 63.7 Å². The van der Waals surface area contributed by atoms with Crippen LogP contribution < -0.4 is 5.32 Å². The topological polar surface area (TPSA) is 65.5 Å². The Morgan fingerprint density at radius 1 is 1.10 bits per heavy atom. The summed E-state index contributed by atoms with van der Waals surface area (Å²) in [6.07, 6.45) is 7.07. The highest BCUT2D eigenvalue weighted by atomic mass is 32.1. The second-order valence-electron chi connectivity index (χ2n) is 10.1. The minimum Gasteiger partial charge on any atom is -0.310 e. The van der Waals surface area contributed by atoms with Crippen molar-refractivity contribution in [3.63, 3.8) is 0 Å². The van der Waals surface area contributed by atoms with Gasteiger partial charge in [0.05, 0.1) is 13.1 Å². The van der Waals surface area contributed by atoms with Gasteiger partial charge in [0.1, 0.15) is 16.6 Å². The Bertz CT molecular complexity index is 698. The Morgan fingerprint density at radius 2 is 1.80 bits per heavy atom. The average molecular weight is 435 g/mol. The zero-order chi connectivity index (χ0) is 21.6. The number of carbonyl (C=O) groups excluding carboxylic acids is 2. The Balaban J connectivity index is 1.37. The van der Waals surface area contributed by atoms with Gasteiger partial charge in [-0.3, -0.25) is 19.4 Å². The maximum absolute atomic E-state index is 12.7. The number of nitrogens with zero attached hydrogens (tertiary/aromatic N) is 3. The number of ketones is 1. The van der Waals surface area contributed by atoms with Crippen LogP contribution in [0, 0.1) is 11.3 Å². The predicted molar refractivity (Wildman–Crippen MR) is 123 cm³/mol. The fourth-order valence-corrected chi connectivity index (χ4v) is 4.94. The second kappa shape index (κ2) is 10.8. The summed E-state index contributed by atoms with van der Waals surface area (Å²) in [5.74, 6) is 1.09. The molecule has 0 spiro atoms. The number of carbonyl (C=O) groups is 2. The van der Waals surface area contributed by atoms with Crippen LogP contribution in [0.3, 0.4) is 0 Å². The maximum atomic E-state index is 12.7. The van der Waals surface area contributed by atoms with Crippen LogP contribution in [0.1, 0.15) is 70.7 Å². The van der Waals surface area contributed by atoms with Crippen LogP contribution in [0.15, 0.2) is 5.38 Å². The first-order valence-corrected chi connectivity index (χ1v) is 12.4. The number of Topliss-reactive ketones (excluding diaryl/α,β-unsaturated/α-hetero) is 1. The molecule has 2 fully saturated rings. The molecule has 0 unspecified atom stereocenters. The summed E-state index contributed by atoms with van der Waals surface area (Å²) in [4.78, 5) is 34.2. The zero-order valence-corrected chi connectivity index (χ0v) is 19.7. The Morgan fingerprint density at radius 3 is 2.47 bits per heavy atom. The molecular formula is C23H38N4O2S. The van der Waals surface area contributed by atoms with Crippen molar-refractivity contribution in [3.05, 3.63) is 10.4 Å². The molecule has 2 aliphatic heterocycles. The first-order chi connectivity index (χ1) is 14.3. The predicted octanol–water partition coefficient (Wildman–Crippen LogP) is 4.17. The third-order valence-electron chi connectivity index (χ3n) is 6.12. The van der Waals surface area contributed by atoms with Crippen molar-refractivity contribution in [1.29, 1.82) is 0 Å². The summed E-state index contributed by atoms with van der Waals surface area (Å²) < 4.78 is 0. The van der Waals surface area contributed by atoms with E-state index in [2.05, 4.69) is 40.9 Å². The molecule has 0 radical (unpaired) electrons. The Kier molecular flexibility index (Phi) is 8.43. The number of nitrogens with one attached hydrogen (secondary N) is 1. The van der Waals surface area contributed by atoms with Crippen molar-refractivity contribution in [3.8, 4) is 0 Å². The highest BCUT2D eigenvalue weighted by Gasteiger charge is 2.26. The monoisotopic (exact) mass is 434 g/mol. The highest BCUT2D eigenvalue weighted by Crippen LogP contribution is 2.23. The molecule has 1 N–H and O–H groups in total. The van der Waals surface area contributed by atoms with E-state index in [-0.39, 0.29) is 17.2 Å². The summed E-state index contributed by atoms with van der Waals surface area (Å²) in [6.45, 7) is 11.9. The lowest BCUT2D eigenvalue weighted by Gasteiger charge is -2.30. The van der Waals surface area contributed by atoms with Gasteiger partial charge in [0.15, 0.2) is 0 Å². The van der Waals surface area contributed by atoms with Crippen LogP contribution in [0.25, 0.3) is 0 Å². The first kappa shape index (κ1) is 23.4. The molecule has 1 aromatic rings. The molecule has 0 saturated carbocycles. The number of rotatable bonds is 8. The lowest BCUT2D eigenvalue weighted by molar-refractivity contribution is -0.122. The summed E-state index contributed by atoms with van der Waals surface area (Å²) in [7, 11) is 0. The summed E-state index contributed by atoms with van der Waals surface area (Å²) >= 11 is 1.63. The van der Waals surface area contributed by atoms with E-state index in [9.17, 15) is 9.59 Å². The molecule has 0 aliphatic carbocycles. The van der Waals surface area contributed by atoms with Crippen molar-refractivity contribution in [2.24, 2.45) is 11.3 Å². The number of likely N-dealkylation sites (tertiary alicyclic amines) is 2. The number of thiazole rings is 1. The SMILES string of the molecule is CC(C)(C)CCC(=O)CN1CCC(C(=O)Nc2csc(CN3CCCCC3)n2)CC1. The van der Waals surface area contributed by atoms with E-state index in [0.717, 1.165) is 57.0 Å². The number of piperidine rings is 2. The Labute approximate surface area is 185 Å². The Hall–Kier alpha value is -1.31. The van der Waals surface area contributed by atoms with Gasteiger partial charge in [-0.15, -0.1) is 11.3 Å². The summed E-state index contributed by atoms with van der Waals surface area (Å²) in [6, 6.07) is 0. The van der Waals surface area contributed by atoms with E-state index in [4.69, 9.17) is 0 Å². The van der Waals surface area contributed by atoms with Crippen LogP contribution in [-0.4, -0.2) is 59.2 Å². The lowest BCUT2D eigenvalue weighted by Crippen LogP contribution is -2.40. The maximum Gasteiger partial charge on any atom is 0.228 e. The second-order valence-corrected chi connectivity index (χ2v) is 11.0. The lowest BCUT2D eigenvalue weighted by atomic mass is 9.89. The van der Waals surface area contributed by atoms with Gasteiger partial charge in [-0.25, -0.2) is 4.98 Å². The molecule has 3 rings (SSSR count). The van der Waals surface area contributed by atoms with Gasteiger partial charge >= 0.3 is 0 Å². The molecule has 168 valence electrons. The first-order valence-electron chi connectivity index (χ1n) is 11.5. The van der Waals surface area contributed by atoms with Crippen molar-refractivity contribution in [2.45, 2.75) is 72.3 Å². The molecule has 2 aliphatic rings. The molecule has 30 heavy (non-hydrogen) atoms.